The zero-order chi connectivity index (χ0) is 14.6. The molecule has 1 heterocycles. The van der Waals surface area contributed by atoms with Crippen LogP contribution in [-0.4, -0.2) is 21.5 Å². The second kappa shape index (κ2) is 6.70. The smallest absolute Gasteiger partial charge is 0.240 e. The minimum absolute atomic E-state index is 0.408. The monoisotopic (exact) mass is 296 g/mol. The van der Waals surface area contributed by atoms with Crippen molar-refractivity contribution >= 4 is 10.0 Å². The van der Waals surface area contributed by atoms with Gasteiger partial charge in [0.05, 0.1) is 4.90 Å². The van der Waals surface area contributed by atoms with E-state index in [0.717, 1.165) is 43.5 Å². The first-order valence-electron chi connectivity index (χ1n) is 7.39. The maximum Gasteiger partial charge on any atom is 0.240 e. The van der Waals surface area contributed by atoms with Crippen LogP contribution in [0.4, 0.5) is 0 Å². The average Bonchev–Trinajstić information content (AvgIpc) is 2.47. The summed E-state index contributed by atoms with van der Waals surface area (Å²) in [6.07, 6.45) is 2.77. The van der Waals surface area contributed by atoms with Crippen LogP contribution in [0.2, 0.25) is 0 Å². The number of rotatable bonds is 6. The van der Waals surface area contributed by atoms with Crippen molar-refractivity contribution in [3.63, 3.8) is 0 Å². The summed E-state index contributed by atoms with van der Waals surface area (Å²) in [5, 5.41) is 3.27. The molecule has 0 radical (unpaired) electrons. The Bertz CT molecular complexity index is 551. The second-order valence-electron chi connectivity index (χ2n) is 5.36. The van der Waals surface area contributed by atoms with Crippen molar-refractivity contribution in [1.29, 1.82) is 0 Å². The lowest BCUT2D eigenvalue weighted by Gasteiger charge is -2.21. The Morgan fingerprint density at radius 3 is 2.75 bits per heavy atom. The van der Waals surface area contributed by atoms with Crippen molar-refractivity contribution in [3.8, 4) is 0 Å². The molecule has 0 atom stereocenters. The van der Waals surface area contributed by atoms with Gasteiger partial charge < -0.3 is 5.32 Å². The molecule has 0 aromatic heterocycles. The number of benzene rings is 1. The molecule has 0 saturated heterocycles. The van der Waals surface area contributed by atoms with E-state index in [1.54, 1.807) is 6.07 Å². The fourth-order valence-electron chi connectivity index (χ4n) is 2.63. The highest BCUT2D eigenvalue weighted by atomic mass is 32.2. The molecule has 0 saturated carbocycles. The van der Waals surface area contributed by atoms with Crippen LogP contribution in [0, 0.1) is 5.92 Å². The Morgan fingerprint density at radius 2 is 2.05 bits per heavy atom. The topological polar surface area (TPSA) is 58.2 Å². The molecule has 0 fully saturated rings. The second-order valence-corrected chi connectivity index (χ2v) is 7.09. The summed E-state index contributed by atoms with van der Waals surface area (Å²) in [7, 11) is -3.39. The zero-order valence-corrected chi connectivity index (χ0v) is 13.1. The van der Waals surface area contributed by atoms with Crippen molar-refractivity contribution < 1.29 is 8.42 Å². The van der Waals surface area contributed by atoms with Crippen LogP contribution in [0.1, 0.15) is 37.8 Å². The van der Waals surface area contributed by atoms with Crippen LogP contribution in [-0.2, 0) is 23.0 Å². The molecule has 0 bridgehead atoms. The lowest BCUT2D eigenvalue weighted by molar-refractivity contribution is 0.478. The van der Waals surface area contributed by atoms with Gasteiger partial charge in [-0.15, -0.1) is 0 Å². The molecule has 0 aliphatic carbocycles. The van der Waals surface area contributed by atoms with E-state index in [1.165, 1.54) is 0 Å². The fourth-order valence-corrected chi connectivity index (χ4v) is 4.06. The molecule has 2 rings (SSSR count). The third kappa shape index (κ3) is 3.40. The normalized spacial score (nSPS) is 15.3. The first-order chi connectivity index (χ1) is 9.58. The summed E-state index contributed by atoms with van der Waals surface area (Å²) in [5.41, 5.74) is 2.07. The maximum absolute atomic E-state index is 12.5. The highest BCUT2D eigenvalue weighted by Crippen LogP contribution is 2.23. The molecule has 20 heavy (non-hydrogen) atoms. The van der Waals surface area contributed by atoms with E-state index in [2.05, 4.69) is 23.9 Å². The van der Waals surface area contributed by atoms with E-state index in [4.69, 9.17) is 0 Å². The number of fused-ring (bicyclic) bond motifs is 1. The Balaban J connectivity index is 2.21. The van der Waals surface area contributed by atoms with Crippen LogP contribution in [0.15, 0.2) is 23.1 Å². The van der Waals surface area contributed by atoms with Gasteiger partial charge in [0.15, 0.2) is 0 Å². The van der Waals surface area contributed by atoms with Crippen molar-refractivity contribution in [2.24, 2.45) is 5.92 Å². The van der Waals surface area contributed by atoms with E-state index in [0.29, 0.717) is 17.4 Å². The molecule has 0 unspecified atom stereocenters. The number of sulfonamides is 1. The lowest BCUT2D eigenvalue weighted by Crippen LogP contribution is -2.32. The van der Waals surface area contributed by atoms with Crippen LogP contribution >= 0.6 is 0 Å². The van der Waals surface area contributed by atoms with Gasteiger partial charge >= 0.3 is 0 Å². The first-order valence-corrected chi connectivity index (χ1v) is 8.88. The molecule has 2 N–H and O–H groups in total. The van der Waals surface area contributed by atoms with E-state index in [-0.39, 0.29) is 0 Å². The molecule has 1 aromatic rings. The summed E-state index contributed by atoms with van der Waals surface area (Å²) < 4.78 is 27.8. The fraction of sp³-hybridized carbons (Fsp3) is 0.600. The number of hydrogen-bond donors (Lipinski definition) is 2. The minimum atomic E-state index is -3.39. The van der Waals surface area contributed by atoms with E-state index in [9.17, 15) is 8.42 Å². The maximum atomic E-state index is 12.5. The molecule has 1 aliphatic rings. The SMILES string of the molecule is CCC(CC)CNS(=O)(=O)c1cccc2c1CCNC2. The van der Waals surface area contributed by atoms with Crippen LogP contribution in [0.3, 0.4) is 0 Å². The molecule has 0 amide bonds. The highest BCUT2D eigenvalue weighted by Gasteiger charge is 2.22. The summed E-state index contributed by atoms with van der Waals surface area (Å²) in [4.78, 5) is 0.461. The predicted molar refractivity (Wildman–Crippen MR) is 81.1 cm³/mol. The summed E-state index contributed by atoms with van der Waals surface area (Å²) in [5.74, 6) is 0.408. The van der Waals surface area contributed by atoms with Crippen LogP contribution < -0.4 is 10.0 Å². The first kappa shape index (κ1) is 15.5. The van der Waals surface area contributed by atoms with Gasteiger partial charge in [-0.25, -0.2) is 13.1 Å². The van der Waals surface area contributed by atoms with E-state index in [1.807, 2.05) is 12.1 Å². The van der Waals surface area contributed by atoms with Gasteiger partial charge in [-0.05, 0) is 36.1 Å². The summed E-state index contributed by atoms with van der Waals surface area (Å²) >= 11 is 0. The largest absolute Gasteiger partial charge is 0.312 e. The third-order valence-electron chi connectivity index (χ3n) is 4.10. The van der Waals surface area contributed by atoms with Crippen molar-refractivity contribution in [2.75, 3.05) is 13.1 Å². The third-order valence-corrected chi connectivity index (χ3v) is 5.61. The molecule has 0 spiro atoms. The van der Waals surface area contributed by atoms with Crippen molar-refractivity contribution in [1.82, 2.24) is 10.0 Å². The molecule has 1 aliphatic heterocycles. The van der Waals surface area contributed by atoms with Gasteiger partial charge in [0.1, 0.15) is 0 Å². The van der Waals surface area contributed by atoms with E-state index < -0.39 is 10.0 Å². The minimum Gasteiger partial charge on any atom is -0.312 e. The Labute approximate surface area is 122 Å². The number of nitrogens with one attached hydrogen (secondary N) is 2. The van der Waals surface area contributed by atoms with Gasteiger partial charge in [-0.2, -0.15) is 0 Å². The molecule has 5 heteroatoms. The average molecular weight is 296 g/mol. The summed E-state index contributed by atoms with van der Waals surface area (Å²) in [6, 6.07) is 5.55. The van der Waals surface area contributed by atoms with Gasteiger partial charge in [-0.1, -0.05) is 38.8 Å². The van der Waals surface area contributed by atoms with Crippen molar-refractivity contribution in [2.45, 2.75) is 44.6 Å². The van der Waals surface area contributed by atoms with Crippen molar-refractivity contribution in [3.05, 3.63) is 29.3 Å². The standard InChI is InChI=1S/C15H24N2O2S/c1-3-12(4-2)10-17-20(18,19)15-7-5-6-13-11-16-9-8-14(13)15/h5-7,12,16-17H,3-4,8-11H2,1-2H3. The van der Waals surface area contributed by atoms with Gasteiger partial charge in [0, 0.05) is 13.1 Å². The number of hydrogen-bond acceptors (Lipinski definition) is 3. The van der Waals surface area contributed by atoms with Gasteiger partial charge in [-0.3, -0.25) is 0 Å². The highest BCUT2D eigenvalue weighted by molar-refractivity contribution is 7.89. The van der Waals surface area contributed by atoms with E-state index >= 15 is 0 Å². The Morgan fingerprint density at radius 1 is 1.30 bits per heavy atom. The Hall–Kier alpha value is -0.910. The lowest BCUT2D eigenvalue weighted by atomic mass is 10.0. The Kier molecular flexibility index (Phi) is 5.18. The molecule has 112 valence electrons. The summed E-state index contributed by atoms with van der Waals surface area (Å²) in [6.45, 7) is 6.31. The molecule has 4 nitrogen and oxygen atoms in total. The van der Waals surface area contributed by atoms with Gasteiger partial charge in [0.2, 0.25) is 10.0 Å². The van der Waals surface area contributed by atoms with Crippen LogP contribution in [0.5, 0.6) is 0 Å². The van der Waals surface area contributed by atoms with Gasteiger partial charge in [0.25, 0.3) is 0 Å². The van der Waals surface area contributed by atoms with Crippen LogP contribution in [0.25, 0.3) is 0 Å². The zero-order valence-electron chi connectivity index (χ0n) is 12.3. The molecular formula is C15H24N2O2S. The molecule has 1 aromatic carbocycles. The quantitative estimate of drug-likeness (QED) is 0.844. The molecular weight excluding hydrogens is 272 g/mol. The predicted octanol–water partition coefficient (Wildman–Crippen LogP) is 2.05.